The largest absolute Gasteiger partial charge is 0.326 e. The summed E-state index contributed by atoms with van der Waals surface area (Å²) in [6.45, 7) is 8.00. The van der Waals surface area contributed by atoms with Crippen LogP contribution in [0.3, 0.4) is 0 Å². The Morgan fingerprint density at radius 3 is 0.917 bits per heavy atom. The molecule has 0 aromatic rings. The van der Waals surface area contributed by atoms with Gasteiger partial charge in [0, 0.05) is 0 Å². The van der Waals surface area contributed by atoms with Crippen molar-refractivity contribution in [2.24, 2.45) is 0 Å². The average Bonchev–Trinajstić information content (AvgIpc) is 2.03. The SMILES string of the molecule is CC=CC.CC=CC.O=[PH](O)O. The van der Waals surface area contributed by atoms with Gasteiger partial charge in [0.2, 0.25) is 0 Å². The molecule has 0 unspecified atom stereocenters. The number of hydrogen-bond donors (Lipinski definition) is 2. The third-order valence-corrected chi connectivity index (χ3v) is 0.667. The molecule has 0 bridgehead atoms. The van der Waals surface area contributed by atoms with Gasteiger partial charge in [-0.3, -0.25) is 4.57 Å². The summed E-state index contributed by atoms with van der Waals surface area (Å²) in [7, 11) is -3.13. The molecule has 0 aliphatic rings. The Hall–Kier alpha value is -0.370. The third-order valence-electron chi connectivity index (χ3n) is 0.667. The van der Waals surface area contributed by atoms with E-state index in [1.807, 2.05) is 52.0 Å². The molecule has 74 valence electrons. The second-order valence-electron chi connectivity index (χ2n) is 1.62. The van der Waals surface area contributed by atoms with Crippen LogP contribution in [0.2, 0.25) is 0 Å². The Balaban J connectivity index is -0.000000101. The van der Waals surface area contributed by atoms with Crippen LogP contribution in [0, 0.1) is 0 Å². The van der Waals surface area contributed by atoms with Gasteiger partial charge in [0.05, 0.1) is 0 Å². The summed E-state index contributed by atoms with van der Waals surface area (Å²) in [5.41, 5.74) is 0. The molecule has 2 N–H and O–H groups in total. The van der Waals surface area contributed by atoms with Crippen LogP contribution in [0.5, 0.6) is 0 Å². The maximum absolute atomic E-state index is 8.74. The van der Waals surface area contributed by atoms with E-state index >= 15 is 0 Å². The van der Waals surface area contributed by atoms with Gasteiger partial charge in [-0.05, 0) is 27.7 Å². The van der Waals surface area contributed by atoms with E-state index in [9.17, 15) is 0 Å². The van der Waals surface area contributed by atoms with Crippen LogP contribution < -0.4 is 0 Å². The molecule has 4 heteroatoms. The highest BCUT2D eigenvalue weighted by atomic mass is 31.1. The van der Waals surface area contributed by atoms with Gasteiger partial charge in [-0.25, -0.2) is 0 Å². The second-order valence-corrected chi connectivity index (χ2v) is 2.18. The van der Waals surface area contributed by atoms with Gasteiger partial charge in [-0.1, -0.05) is 24.3 Å². The number of hydrogen-bond acceptors (Lipinski definition) is 1. The number of allylic oxidation sites excluding steroid dienone is 4. The van der Waals surface area contributed by atoms with E-state index < -0.39 is 8.25 Å². The van der Waals surface area contributed by atoms with Gasteiger partial charge in [-0.15, -0.1) is 0 Å². The maximum atomic E-state index is 8.74. The topological polar surface area (TPSA) is 57.5 Å². The van der Waals surface area contributed by atoms with Gasteiger partial charge >= 0.3 is 8.25 Å². The molecule has 0 heterocycles. The van der Waals surface area contributed by atoms with Crippen LogP contribution in [-0.2, 0) is 4.57 Å². The lowest BCUT2D eigenvalue weighted by Crippen LogP contribution is -1.38. The van der Waals surface area contributed by atoms with Gasteiger partial charge in [-0.2, -0.15) is 0 Å². The van der Waals surface area contributed by atoms with Gasteiger partial charge < -0.3 is 9.79 Å². The molecular formula is C8H19O3P. The van der Waals surface area contributed by atoms with Crippen molar-refractivity contribution >= 4 is 8.25 Å². The monoisotopic (exact) mass is 194 g/mol. The van der Waals surface area contributed by atoms with Crippen LogP contribution in [-0.4, -0.2) is 9.79 Å². The first-order valence-corrected chi connectivity index (χ1v) is 4.93. The van der Waals surface area contributed by atoms with E-state index in [0.29, 0.717) is 0 Å². The van der Waals surface area contributed by atoms with Crippen LogP contribution in [0.25, 0.3) is 0 Å². The molecule has 0 aromatic carbocycles. The first-order valence-electron chi connectivity index (χ1n) is 3.63. The van der Waals surface area contributed by atoms with E-state index in [1.165, 1.54) is 0 Å². The first kappa shape index (κ1) is 17.6. The highest BCUT2D eigenvalue weighted by Gasteiger charge is 1.61. The standard InChI is InChI=1S/2C4H8.H3O3P/c2*1-3-4-2;1-4(2)3/h2*3-4H,1-2H3;4H,(H2,1,2,3). The summed E-state index contributed by atoms with van der Waals surface area (Å²) < 4.78 is 8.74. The minimum atomic E-state index is -3.13. The lowest BCUT2D eigenvalue weighted by molar-refractivity contribution is 0.405. The molecule has 0 aliphatic heterocycles. The third kappa shape index (κ3) is 270. The zero-order chi connectivity index (χ0) is 10.4. The van der Waals surface area contributed by atoms with E-state index in [2.05, 4.69) is 0 Å². The smallest absolute Gasteiger partial charge is 0.314 e. The first-order chi connectivity index (χ1) is 5.56. The van der Waals surface area contributed by atoms with Crippen molar-refractivity contribution in [3.05, 3.63) is 24.3 Å². The fourth-order valence-electron chi connectivity index (χ4n) is 0. The molecule has 0 spiro atoms. The van der Waals surface area contributed by atoms with Crippen molar-refractivity contribution in [1.82, 2.24) is 0 Å². The molecule has 0 rings (SSSR count). The van der Waals surface area contributed by atoms with Crippen molar-refractivity contribution in [2.45, 2.75) is 27.7 Å². The molecule has 0 atom stereocenters. The quantitative estimate of drug-likeness (QED) is 0.460. The van der Waals surface area contributed by atoms with Crippen LogP contribution in [0.4, 0.5) is 0 Å². The highest BCUT2D eigenvalue weighted by molar-refractivity contribution is 7.30. The molecule has 12 heavy (non-hydrogen) atoms. The van der Waals surface area contributed by atoms with E-state index in [-0.39, 0.29) is 0 Å². The number of rotatable bonds is 0. The Kier molecular flexibility index (Phi) is 33.0. The highest BCUT2D eigenvalue weighted by Crippen LogP contribution is 1.98. The van der Waals surface area contributed by atoms with Crippen LogP contribution in [0.1, 0.15) is 27.7 Å². The minimum Gasteiger partial charge on any atom is -0.326 e. The van der Waals surface area contributed by atoms with Gasteiger partial charge in [0.1, 0.15) is 0 Å². The van der Waals surface area contributed by atoms with E-state index in [4.69, 9.17) is 14.4 Å². The molecule has 0 aromatic heterocycles. The minimum absolute atomic E-state index is 2.00. The zero-order valence-electron chi connectivity index (χ0n) is 8.11. The van der Waals surface area contributed by atoms with Crippen molar-refractivity contribution in [2.75, 3.05) is 0 Å². The summed E-state index contributed by atoms with van der Waals surface area (Å²) >= 11 is 0. The van der Waals surface area contributed by atoms with Crippen molar-refractivity contribution in [3.63, 3.8) is 0 Å². The molecule has 0 aliphatic carbocycles. The maximum Gasteiger partial charge on any atom is 0.314 e. The van der Waals surface area contributed by atoms with Crippen LogP contribution in [0.15, 0.2) is 24.3 Å². The molecule has 0 fully saturated rings. The summed E-state index contributed by atoms with van der Waals surface area (Å²) in [5, 5.41) is 0. The molecule has 3 nitrogen and oxygen atoms in total. The van der Waals surface area contributed by atoms with Crippen molar-refractivity contribution in [1.29, 1.82) is 0 Å². The molecule has 0 saturated heterocycles. The van der Waals surface area contributed by atoms with Crippen LogP contribution >= 0.6 is 8.25 Å². The normalized spacial score (nSPS) is 9.25. The summed E-state index contributed by atoms with van der Waals surface area (Å²) in [4.78, 5) is 14.3. The lowest BCUT2D eigenvalue weighted by atomic mass is 10.6. The predicted octanol–water partition coefficient (Wildman–Crippen LogP) is 2.53. The summed E-state index contributed by atoms with van der Waals surface area (Å²) in [5.74, 6) is 0. The Morgan fingerprint density at radius 1 is 0.833 bits per heavy atom. The Bertz CT molecular complexity index is 108. The van der Waals surface area contributed by atoms with Gasteiger partial charge in [0.15, 0.2) is 0 Å². The predicted molar refractivity (Wildman–Crippen MR) is 54.4 cm³/mol. The van der Waals surface area contributed by atoms with Crippen molar-refractivity contribution in [3.8, 4) is 0 Å². The lowest BCUT2D eigenvalue weighted by Gasteiger charge is -1.61. The Morgan fingerprint density at radius 2 is 0.917 bits per heavy atom. The zero-order valence-corrected chi connectivity index (χ0v) is 9.11. The summed E-state index contributed by atoms with van der Waals surface area (Å²) in [6.07, 6.45) is 8.00. The molecule has 0 amide bonds. The molecule has 0 saturated carbocycles. The Labute approximate surface area is 75.4 Å². The molecular weight excluding hydrogens is 175 g/mol. The van der Waals surface area contributed by atoms with E-state index in [0.717, 1.165) is 0 Å². The van der Waals surface area contributed by atoms with Gasteiger partial charge in [0.25, 0.3) is 0 Å². The van der Waals surface area contributed by atoms with E-state index in [1.54, 1.807) is 0 Å². The average molecular weight is 194 g/mol. The molecule has 0 radical (unpaired) electrons. The van der Waals surface area contributed by atoms with Crippen molar-refractivity contribution < 1.29 is 14.4 Å². The summed E-state index contributed by atoms with van der Waals surface area (Å²) in [6, 6.07) is 0. The fraction of sp³-hybridized carbons (Fsp3) is 0.500. The fourth-order valence-corrected chi connectivity index (χ4v) is 0. The second kappa shape index (κ2) is 22.4.